The minimum absolute atomic E-state index is 0.288. The van der Waals surface area contributed by atoms with Crippen molar-refractivity contribution in [3.05, 3.63) is 0 Å². The van der Waals surface area contributed by atoms with E-state index in [-0.39, 0.29) is 13.2 Å². The van der Waals surface area contributed by atoms with Crippen molar-refractivity contribution < 1.29 is 48.1 Å². The number of phosphoric acid groups is 1. The average Bonchev–Trinajstić information content (AvgIpc) is 2.87. The van der Waals surface area contributed by atoms with Crippen LogP contribution in [-0.4, -0.2) is 30.7 Å². The predicted molar refractivity (Wildman–Crippen MR) is 121 cm³/mol. The molecule has 1 atom stereocenters. The van der Waals surface area contributed by atoms with E-state index < -0.39 is 20.4 Å². The molecule has 0 aromatic rings. The lowest BCUT2D eigenvalue weighted by Gasteiger charge is -2.29. The summed E-state index contributed by atoms with van der Waals surface area (Å²) in [4.78, 5) is 14.6. The third kappa shape index (κ3) is 17.0. The van der Waals surface area contributed by atoms with Gasteiger partial charge in [-0.2, -0.15) is 0 Å². The van der Waals surface area contributed by atoms with Crippen molar-refractivity contribution in [3.8, 4) is 0 Å². The Bertz CT molecular complexity index is 472. The van der Waals surface area contributed by atoms with Crippen LogP contribution >= 0.6 is 7.82 Å². The van der Waals surface area contributed by atoms with Crippen molar-refractivity contribution in [2.75, 3.05) is 19.8 Å². The Hall–Kier alpha value is -0.130. The second-order valence-corrected chi connectivity index (χ2v) is 9.78. The zero-order valence-corrected chi connectivity index (χ0v) is 21.4. The smallest absolute Gasteiger partial charge is 0.324 e. The minimum atomic E-state index is -4.56. The Morgan fingerprint density at radius 2 is 1.15 bits per heavy atom. The van der Waals surface area contributed by atoms with Crippen LogP contribution in [0.5, 0.6) is 0 Å². The quantitative estimate of drug-likeness (QED) is 0.0826. The molecule has 0 saturated carbocycles. The molecule has 0 aromatic carbocycles. The fraction of sp³-hybridized carbons (Fsp3) is 1.00. The fourth-order valence-electron chi connectivity index (χ4n) is 3.43. The molecule has 0 aliphatic carbocycles. The van der Waals surface area contributed by atoms with Crippen molar-refractivity contribution in [2.24, 2.45) is 0 Å². The molecule has 0 aromatic heterocycles. The lowest BCUT2D eigenvalue weighted by molar-refractivity contribution is -0.725. The van der Waals surface area contributed by atoms with E-state index in [4.69, 9.17) is 18.9 Å². The van der Waals surface area contributed by atoms with Gasteiger partial charge in [0.25, 0.3) is 0 Å². The highest BCUT2D eigenvalue weighted by Gasteiger charge is 2.42. The zero-order valence-electron chi connectivity index (χ0n) is 20.5. The van der Waals surface area contributed by atoms with Gasteiger partial charge in [0.1, 0.15) is 6.61 Å². The molecule has 10 nitrogen and oxygen atoms in total. The Morgan fingerprint density at radius 3 is 1.64 bits per heavy atom. The summed E-state index contributed by atoms with van der Waals surface area (Å²) in [7, 11) is -4.56. The summed E-state index contributed by atoms with van der Waals surface area (Å²) in [5, 5.41) is 12.5. The summed E-state index contributed by atoms with van der Waals surface area (Å²) in [6.45, 7) is 4.42. The van der Waals surface area contributed by atoms with Crippen LogP contribution < -0.4 is 0 Å². The summed E-state index contributed by atoms with van der Waals surface area (Å²) < 4.78 is 32.2. The van der Waals surface area contributed by atoms with Crippen LogP contribution in [0.4, 0.5) is 0 Å². The standard InChI is InChI=1S/C22H45O10P/c1-3-5-7-9-11-13-15-17-19-25-22(21-27-33(23,24)32-31-30-29-28-22)26-20-18-16-14-12-10-8-6-4-2/h3-21H2,1-2H3,(H,23,24). The molecule has 1 heterocycles. The van der Waals surface area contributed by atoms with E-state index in [1.54, 1.807) is 0 Å². The van der Waals surface area contributed by atoms with Gasteiger partial charge in [0.05, 0.1) is 13.2 Å². The summed E-state index contributed by atoms with van der Waals surface area (Å²) >= 11 is 0. The van der Waals surface area contributed by atoms with Crippen LogP contribution in [0.2, 0.25) is 0 Å². The lowest BCUT2D eigenvalue weighted by Crippen LogP contribution is -2.44. The molecule has 33 heavy (non-hydrogen) atoms. The lowest BCUT2D eigenvalue weighted by atomic mass is 10.1. The minimum Gasteiger partial charge on any atom is -0.324 e. The van der Waals surface area contributed by atoms with E-state index in [1.807, 2.05) is 0 Å². The Morgan fingerprint density at radius 1 is 0.697 bits per heavy atom. The normalized spacial score (nSPS) is 21.4. The highest BCUT2D eigenvalue weighted by atomic mass is 31.2. The van der Waals surface area contributed by atoms with E-state index in [2.05, 4.69) is 33.6 Å². The first-order chi connectivity index (χ1) is 16.0. The van der Waals surface area contributed by atoms with E-state index in [9.17, 15) is 9.46 Å². The van der Waals surface area contributed by atoms with Gasteiger partial charge in [0, 0.05) is 0 Å². The molecule has 0 amide bonds. The first-order valence-corrected chi connectivity index (χ1v) is 14.2. The molecular weight excluding hydrogens is 455 g/mol. The van der Waals surface area contributed by atoms with E-state index in [0.717, 1.165) is 38.5 Å². The van der Waals surface area contributed by atoms with Crippen LogP contribution in [0.15, 0.2) is 0 Å². The largest absolute Gasteiger partial charge is 0.502 e. The van der Waals surface area contributed by atoms with E-state index in [1.165, 1.54) is 64.2 Å². The third-order valence-electron chi connectivity index (χ3n) is 5.39. The second kappa shape index (κ2) is 20.1. The molecule has 1 aliphatic rings. The van der Waals surface area contributed by atoms with Gasteiger partial charge in [-0.05, 0) is 28.0 Å². The third-order valence-corrected chi connectivity index (χ3v) is 6.09. The van der Waals surface area contributed by atoms with Gasteiger partial charge in [-0.1, -0.05) is 108 Å². The van der Waals surface area contributed by atoms with Gasteiger partial charge < -0.3 is 14.4 Å². The van der Waals surface area contributed by atoms with Gasteiger partial charge in [0.15, 0.2) is 0 Å². The first-order valence-electron chi connectivity index (χ1n) is 12.7. The molecular formula is C22H45O10P. The topological polar surface area (TPSA) is 111 Å². The average molecular weight is 501 g/mol. The first kappa shape index (κ1) is 30.9. The maximum Gasteiger partial charge on any atom is 0.502 e. The number of hydrogen-bond acceptors (Lipinski definition) is 9. The monoisotopic (exact) mass is 500 g/mol. The molecule has 0 bridgehead atoms. The highest BCUT2D eigenvalue weighted by Crippen LogP contribution is 2.45. The molecule has 1 saturated heterocycles. The molecule has 1 rings (SSSR count). The van der Waals surface area contributed by atoms with Crippen molar-refractivity contribution in [2.45, 2.75) is 123 Å². The maximum atomic E-state index is 11.8. The zero-order chi connectivity index (χ0) is 24.1. The van der Waals surface area contributed by atoms with Crippen LogP contribution in [0.25, 0.3) is 0 Å². The molecule has 1 N–H and O–H groups in total. The van der Waals surface area contributed by atoms with Crippen molar-refractivity contribution in [1.29, 1.82) is 0 Å². The number of ether oxygens (including phenoxy) is 2. The van der Waals surface area contributed by atoms with Crippen molar-refractivity contribution in [3.63, 3.8) is 0 Å². The van der Waals surface area contributed by atoms with Gasteiger partial charge >= 0.3 is 13.8 Å². The molecule has 198 valence electrons. The van der Waals surface area contributed by atoms with Crippen LogP contribution in [0.1, 0.15) is 117 Å². The fourth-order valence-corrected chi connectivity index (χ4v) is 3.90. The Kier molecular flexibility index (Phi) is 18.8. The number of phosphoric ester groups is 1. The molecule has 1 unspecified atom stereocenters. The molecule has 1 fully saturated rings. The summed E-state index contributed by atoms with van der Waals surface area (Å²) in [6.07, 6.45) is 18.2. The second-order valence-electron chi connectivity index (χ2n) is 8.43. The van der Waals surface area contributed by atoms with Gasteiger partial charge in [-0.15, -0.1) is 4.89 Å². The van der Waals surface area contributed by atoms with Gasteiger partial charge in [-0.3, -0.25) is 4.52 Å². The molecule has 0 radical (unpaired) electrons. The molecule has 0 spiro atoms. The van der Waals surface area contributed by atoms with Crippen LogP contribution in [-0.2, 0) is 43.2 Å². The molecule has 1 aliphatic heterocycles. The highest BCUT2D eigenvalue weighted by molar-refractivity contribution is 7.47. The number of rotatable bonds is 20. The van der Waals surface area contributed by atoms with Gasteiger partial charge in [0.2, 0.25) is 0 Å². The Labute approximate surface area is 198 Å². The van der Waals surface area contributed by atoms with Crippen molar-refractivity contribution in [1.82, 2.24) is 0 Å². The summed E-state index contributed by atoms with van der Waals surface area (Å²) in [5.41, 5.74) is 0. The maximum absolute atomic E-state index is 11.8. The Balaban J connectivity index is 2.40. The predicted octanol–water partition coefficient (Wildman–Crippen LogP) is 6.83. The van der Waals surface area contributed by atoms with Gasteiger partial charge in [-0.25, -0.2) is 4.57 Å². The SMILES string of the molecule is CCCCCCCCCCOC1(OCCCCCCCCCC)COP(=O)(O)OOOOO1. The summed E-state index contributed by atoms with van der Waals surface area (Å²) in [6, 6.07) is 0. The van der Waals surface area contributed by atoms with Crippen molar-refractivity contribution >= 4 is 7.82 Å². The number of hydrogen-bond donors (Lipinski definition) is 1. The van der Waals surface area contributed by atoms with Crippen LogP contribution in [0, 0.1) is 0 Å². The van der Waals surface area contributed by atoms with E-state index in [0.29, 0.717) is 0 Å². The number of unbranched alkanes of at least 4 members (excludes halogenated alkanes) is 14. The summed E-state index contributed by atoms with van der Waals surface area (Å²) in [5.74, 6) is -1.88. The van der Waals surface area contributed by atoms with Crippen LogP contribution in [0.3, 0.4) is 0 Å². The van der Waals surface area contributed by atoms with E-state index >= 15 is 0 Å². The molecule has 11 heteroatoms.